The number of imidazole rings is 1. The van der Waals surface area contributed by atoms with Crippen molar-refractivity contribution in [3.05, 3.63) is 103 Å². The first-order chi connectivity index (χ1) is 12.8. The lowest BCUT2D eigenvalue weighted by Crippen LogP contribution is -2.17. The third kappa shape index (κ3) is 3.42. The Balaban J connectivity index is 1.48. The van der Waals surface area contributed by atoms with Crippen molar-refractivity contribution >= 4 is 11.6 Å². The van der Waals surface area contributed by atoms with E-state index in [4.69, 9.17) is 0 Å². The van der Waals surface area contributed by atoms with Crippen molar-refractivity contribution in [3.63, 3.8) is 0 Å². The van der Waals surface area contributed by atoms with Gasteiger partial charge in [-0.2, -0.15) is 0 Å². The monoisotopic (exact) mass is 342 g/mol. The van der Waals surface area contributed by atoms with Crippen LogP contribution >= 0.6 is 0 Å². The van der Waals surface area contributed by atoms with Crippen LogP contribution in [-0.4, -0.2) is 20.0 Å². The van der Waals surface area contributed by atoms with Crippen LogP contribution in [0.15, 0.2) is 91.6 Å². The number of nitrogens with one attached hydrogen (secondary N) is 1. The Morgan fingerprint density at radius 1 is 0.923 bits per heavy atom. The number of nitrogens with zero attached hydrogens (tertiary/aromatic N) is 3. The molecule has 0 fully saturated rings. The number of carbonyl (C=O) groups excluding carboxylic acids is 1. The van der Waals surface area contributed by atoms with E-state index < -0.39 is 0 Å². The van der Waals surface area contributed by atoms with E-state index >= 15 is 0 Å². The third-order valence-electron chi connectivity index (χ3n) is 4.19. The molecule has 0 radical (unpaired) electrons. The summed E-state index contributed by atoms with van der Waals surface area (Å²) in [7, 11) is 0. The maximum absolute atomic E-state index is 12.7. The van der Waals surface area contributed by atoms with Gasteiger partial charge in [0, 0.05) is 36.5 Å². The van der Waals surface area contributed by atoms with Gasteiger partial charge in [0.1, 0.15) is 5.69 Å². The molecule has 0 saturated carbocycles. The van der Waals surface area contributed by atoms with E-state index in [1.807, 2.05) is 76.1 Å². The molecular formula is C21H18N4O. The van der Waals surface area contributed by atoms with Gasteiger partial charge in [0.25, 0.3) is 5.91 Å². The van der Waals surface area contributed by atoms with E-state index in [9.17, 15) is 4.79 Å². The van der Waals surface area contributed by atoms with Crippen LogP contribution in [0.1, 0.15) is 16.1 Å². The van der Waals surface area contributed by atoms with Gasteiger partial charge in [0.2, 0.25) is 0 Å². The molecule has 0 bridgehead atoms. The second-order valence-corrected chi connectivity index (χ2v) is 5.98. The Labute approximate surface area is 151 Å². The predicted octanol–water partition coefficient (Wildman–Crippen LogP) is 3.97. The lowest BCUT2D eigenvalue weighted by atomic mass is 10.2. The fourth-order valence-electron chi connectivity index (χ4n) is 2.86. The van der Waals surface area contributed by atoms with E-state index in [0.717, 1.165) is 16.9 Å². The molecule has 0 aliphatic rings. The highest BCUT2D eigenvalue weighted by Crippen LogP contribution is 2.15. The molecule has 5 heteroatoms. The van der Waals surface area contributed by atoms with Gasteiger partial charge in [-0.05, 0) is 42.0 Å². The second-order valence-electron chi connectivity index (χ2n) is 5.98. The first kappa shape index (κ1) is 15.9. The number of aromatic nitrogens is 3. The molecule has 128 valence electrons. The molecule has 4 rings (SSSR count). The maximum Gasteiger partial charge on any atom is 0.272 e. The molecule has 2 aromatic carbocycles. The highest BCUT2D eigenvalue weighted by molar-refractivity contribution is 6.03. The largest absolute Gasteiger partial charge is 0.339 e. The van der Waals surface area contributed by atoms with Crippen molar-refractivity contribution in [2.75, 3.05) is 5.32 Å². The number of hydrogen-bond donors (Lipinski definition) is 1. The zero-order chi connectivity index (χ0) is 17.8. The van der Waals surface area contributed by atoms with E-state index in [1.54, 1.807) is 12.5 Å². The van der Waals surface area contributed by atoms with Crippen LogP contribution in [0.2, 0.25) is 0 Å². The zero-order valence-electron chi connectivity index (χ0n) is 14.1. The Hall–Kier alpha value is -3.60. The SMILES string of the molecule is O=C(Nc1ccc(-n2ccnc2)cc1)c1cccn1Cc1ccccc1. The normalized spacial score (nSPS) is 10.6. The van der Waals surface area contributed by atoms with E-state index in [1.165, 1.54) is 0 Å². The molecule has 1 amide bonds. The Bertz CT molecular complexity index is 986. The molecule has 2 aromatic heterocycles. The number of carbonyl (C=O) groups is 1. The lowest BCUT2D eigenvalue weighted by Gasteiger charge is -2.11. The van der Waals surface area contributed by atoms with Gasteiger partial charge >= 0.3 is 0 Å². The van der Waals surface area contributed by atoms with Crippen LogP contribution < -0.4 is 5.32 Å². The molecule has 0 unspecified atom stereocenters. The summed E-state index contributed by atoms with van der Waals surface area (Å²) in [6.45, 7) is 0.663. The summed E-state index contributed by atoms with van der Waals surface area (Å²) in [6.07, 6.45) is 7.27. The highest BCUT2D eigenvalue weighted by Gasteiger charge is 2.11. The predicted molar refractivity (Wildman–Crippen MR) is 101 cm³/mol. The molecule has 5 nitrogen and oxygen atoms in total. The molecule has 0 aliphatic carbocycles. The molecule has 4 aromatic rings. The molecule has 2 heterocycles. The number of anilines is 1. The third-order valence-corrected chi connectivity index (χ3v) is 4.19. The summed E-state index contributed by atoms with van der Waals surface area (Å²) in [5, 5.41) is 2.96. The van der Waals surface area contributed by atoms with Crippen LogP contribution in [0.4, 0.5) is 5.69 Å². The molecule has 0 saturated heterocycles. The van der Waals surface area contributed by atoms with E-state index in [0.29, 0.717) is 12.2 Å². The van der Waals surface area contributed by atoms with Crippen molar-refractivity contribution in [2.45, 2.75) is 6.54 Å². The van der Waals surface area contributed by atoms with Gasteiger partial charge in [-0.3, -0.25) is 4.79 Å². The standard InChI is InChI=1S/C21H18N4O/c26-21(20-7-4-13-24(20)15-17-5-2-1-3-6-17)23-18-8-10-19(11-9-18)25-14-12-22-16-25/h1-14,16H,15H2,(H,23,26). The van der Waals surface area contributed by atoms with E-state index in [-0.39, 0.29) is 5.91 Å². The minimum Gasteiger partial charge on any atom is -0.339 e. The Kier molecular flexibility index (Phi) is 4.35. The van der Waals surface area contributed by atoms with Gasteiger partial charge in [0.05, 0.1) is 6.33 Å². The van der Waals surface area contributed by atoms with Crippen molar-refractivity contribution in [1.82, 2.24) is 14.1 Å². The minimum absolute atomic E-state index is 0.124. The Morgan fingerprint density at radius 3 is 2.46 bits per heavy atom. The van der Waals surface area contributed by atoms with Gasteiger partial charge in [-0.15, -0.1) is 0 Å². The first-order valence-electron chi connectivity index (χ1n) is 8.38. The summed E-state index contributed by atoms with van der Waals surface area (Å²) < 4.78 is 3.86. The zero-order valence-corrected chi connectivity index (χ0v) is 14.1. The molecule has 0 aliphatic heterocycles. The number of amides is 1. The maximum atomic E-state index is 12.7. The fourth-order valence-corrected chi connectivity index (χ4v) is 2.86. The van der Waals surface area contributed by atoms with Crippen molar-refractivity contribution in [1.29, 1.82) is 0 Å². The number of hydrogen-bond acceptors (Lipinski definition) is 2. The number of rotatable bonds is 5. The second kappa shape index (κ2) is 7.11. The van der Waals surface area contributed by atoms with Crippen LogP contribution in [0.25, 0.3) is 5.69 Å². The van der Waals surface area contributed by atoms with Crippen LogP contribution in [0.3, 0.4) is 0 Å². The minimum atomic E-state index is -0.124. The van der Waals surface area contributed by atoms with Gasteiger partial charge < -0.3 is 14.5 Å². The van der Waals surface area contributed by atoms with Crippen molar-refractivity contribution in [2.24, 2.45) is 0 Å². The van der Waals surface area contributed by atoms with Gasteiger partial charge in [0.15, 0.2) is 0 Å². The van der Waals surface area contributed by atoms with Crippen molar-refractivity contribution < 1.29 is 4.79 Å². The molecule has 0 spiro atoms. The smallest absolute Gasteiger partial charge is 0.272 e. The average molecular weight is 342 g/mol. The molecule has 0 atom stereocenters. The summed E-state index contributed by atoms with van der Waals surface area (Å²) in [5.41, 5.74) is 3.54. The summed E-state index contributed by atoms with van der Waals surface area (Å²) in [4.78, 5) is 16.7. The van der Waals surface area contributed by atoms with Crippen molar-refractivity contribution in [3.8, 4) is 5.69 Å². The molecule has 1 N–H and O–H groups in total. The summed E-state index contributed by atoms with van der Waals surface area (Å²) in [5.74, 6) is -0.124. The van der Waals surface area contributed by atoms with E-state index in [2.05, 4.69) is 22.4 Å². The van der Waals surface area contributed by atoms with Gasteiger partial charge in [-0.25, -0.2) is 4.98 Å². The highest BCUT2D eigenvalue weighted by atomic mass is 16.1. The Morgan fingerprint density at radius 2 is 1.73 bits per heavy atom. The molecule has 26 heavy (non-hydrogen) atoms. The summed E-state index contributed by atoms with van der Waals surface area (Å²) in [6, 6.07) is 21.5. The fraction of sp³-hybridized carbons (Fsp3) is 0.0476. The van der Waals surface area contributed by atoms with Crippen LogP contribution in [0.5, 0.6) is 0 Å². The quantitative estimate of drug-likeness (QED) is 0.596. The van der Waals surface area contributed by atoms with Crippen LogP contribution in [0, 0.1) is 0 Å². The first-order valence-corrected chi connectivity index (χ1v) is 8.38. The topological polar surface area (TPSA) is 51.9 Å². The average Bonchev–Trinajstić information content (AvgIpc) is 3.35. The summed E-state index contributed by atoms with van der Waals surface area (Å²) >= 11 is 0. The number of benzene rings is 2. The van der Waals surface area contributed by atoms with Gasteiger partial charge in [-0.1, -0.05) is 30.3 Å². The lowest BCUT2D eigenvalue weighted by molar-refractivity contribution is 0.101. The molecular weight excluding hydrogens is 324 g/mol. The van der Waals surface area contributed by atoms with Crippen LogP contribution in [-0.2, 0) is 6.54 Å².